The van der Waals surface area contributed by atoms with E-state index >= 15 is 0 Å². The van der Waals surface area contributed by atoms with Gasteiger partial charge in [-0.15, -0.1) is 0 Å². The van der Waals surface area contributed by atoms with Gasteiger partial charge in [-0.3, -0.25) is 0 Å². The van der Waals surface area contributed by atoms with Crippen molar-refractivity contribution in [3.8, 4) is 0 Å². The maximum atomic E-state index is 12.0. The zero-order chi connectivity index (χ0) is 13.9. The third-order valence-electron chi connectivity index (χ3n) is 3.22. The van der Waals surface area contributed by atoms with E-state index in [2.05, 4.69) is 30.3 Å². The minimum atomic E-state index is -0.407. The number of hydrogen-bond donors (Lipinski definition) is 0. The lowest BCUT2D eigenvalue weighted by Crippen LogP contribution is -2.24. The molecule has 1 aliphatic carbocycles. The number of benzene rings is 1. The summed E-state index contributed by atoms with van der Waals surface area (Å²) in [4.78, 5) is 12.0. The van der Waals surface area contributed by atoms with E-state index in [9.17, 15) is 4.79 Å². The van der Waals surface area contributed by atoms with Crippen LogP contribution in [0.3, 0.4) is 0 Å². The van der Waals surface area contributed by atoms with Crippen molar-refractivity contribution in [1.82, 2.24) is 0 Å². The molecule has 19 heavy (non-hydrogen) atoms. The summed E-state index contributed by atoms with van der Waals surface area (Å²) < 4.78 is 5.41. The molecule has 102 valence electrons. The van der Waals surface area contributed by atoms with Gasteiger partial charge in [-0.2, -0.15) is 0 Å². The molecule has 0 spiro atoms. The summed E-state index contributed by atoms with van der Waals surface area (Å²) >= 11 is 0. The van der Waals surface area contributed by atoms with E-state index in [-0.39, 0.29) is 5.97 Å². The van der Waals surface area contributed by atoms with Crippen LogP contribution < -0.4 is 0 Å². The number of hydrogen-bond acceptors (Lipinski definition) is 2. The van der Waals surface area contributed by atoms with Gasteiger partial charge in [-0.25, -0.2) is 4.79 Å². The van der Waals surface area contributed by atoms with E-state index in [0.29, 0.717) is 5.92 Å². The van der Waals surface area contributed by atoms with E-state index < -0.39 is 5.60 Å². The molecule has 1 aliphatic rings. The Bertz CT molecular complexity index is 466. The van der Waals surface area contributed by atoms with Crippen molar-refractivity contribution in [3.63, 3.8) is 0 Å². The summed E-state index contributed by atoms with van der Waals surface area (Å²) in [6.07, 6.45) is 4.99. The molecule has 0 aliphatic heterocycles. The fourth-order valence-electron chi connectivity index (χ4n) is 2.38. The third-order valence-corrected chi connectivity index (χ3v) is 3.22. The summed E-state index contributed by atoms with van der Waals surface area (Å²) in [5.41, 5.74) is 1.76. The van der Waals surface area contributed by atoms with Gasteiger partial charge in [0.1, 0.15) is 5.60 Å². The second kappa shape index (κ2) is 5.60. The van der Waals surface area contributed by atoms with Crippen LogP contribution in [0.4, 0.5) is 0 Å². The Morgan fingerprint density at radius 2 is 1.95 bits per heavy atom. The summed E-state index contributed by atoms with van der Waals surface area (Å²) in [5.74, 6) is 0.313. The molecule has 0 radical (unpaired) electrons. The van der Waals surface area contributed by atoms with Crippen LogP contribution >= 0.6 is 0 Å². The fourth-order valence-corrected chi connectivity index (χ4v) is 2.38. The Balaban J connectivity index is 1.95. The number of carbonyl (C=O) groups excluding carboxylic acids is 1. The first kappa shape index (κ1) is 13.9. The van der Waals surface area contributed by atoms with Crippen LogP contribution in [0.1, 0.15) is 39.2 Å². The lowest BCUT2D eigenvalue weighted by atomic mass is 9.99. The molecular weight excluding hydrogens is 236 g/mol. The molecule has 2 heteroatoms. The van der Waals surface area contributed by atoms with Crippen molar-refractivity contribution < 1.29 is 9.53 Å². The van der Waals surface area contributed by atoms with Gasteiger partial charge in [0.15, 0.2) is 0 Å². The van der Waals surface area contributed by atoms with Gasteiger partial charge in [-0.1, -0.05) is 36.4 Å². The van der Waals surface area contributed by atoms with Crippen LogP contribution in [0.25, 0.3) is 0 Å². The molecular formula is C17H22O2. The summed E-state index contributed by atoms with van der Waals surface area (Å²) in [5, 5.41) is 0. The van der Waals surface area contributed by atoms with Crippen molar-refractivity contribution in [2.75, 3.05) is 0 Å². The van der Waals surface area contributed by atoms with Crippen LogP contribution in [0, 0.1) is 5.92 Å². The summed E-state index contributed by atoms with van der Waals surface area (Å²) in [6, 6.07) is 10.4. The molecule has 1 aromatic rings. The van der Waals surface area contributed by atoms with Gasteiger partial charge >= 0.3 is 5.97 Å². The first-order chi connectivity index (χ1) is 8.94. The zero-order valence-electron chi connectivity index (χ0n) is 12.0. The van der Waals surface area contributed by atoms with Crippen molar-refractivity contribution in [2.45, 2.75) is 45.6 Å². The average Bonchev–Trinajstić information content (AvgIpc) is 2.77. The zero-order valence-corrected chi connectivity index (χ0v) is 12.0. The highest BCUT2D eigenvalue weighted by atomic mass is 16.6. The van der Waals surface area contributed by atoms with Crippen molar-refractivity contribution in [2.24, 2.45) is 5.92 Å². The molecule has 0 fully saturated rings. The molecule has 0 bridgehead atoms. The molecule has 0 N–H and O–H groups in total. The molecule has 0 saturated carbocycles. The SMILES string of the molecule is CC(C)(C)OC(=O)C1=C[C@@H](Cc2ccccc2)CC1. The lowest BCUT2D eigenvalue weighted by Gasteiger charge is -2.19. The molecule has 2 nitrogen and oxygen atoms in total. The van der Waals surface area contributed by atoms with Crippen molar-refractivity contribution in [1.29, 1.82) is 0 Å². The Kier molecular flexibility index (Phi) is 4.08. The highest BCUT2D eigenvalue weighted by Crippen LogP contribution is 2.28. The Morgan fingerprint density at radius 1 is 1.26 bits per heavy atom. The highest BCUT2D eigenvalue weighted by molar-refractivity contribution is 5.89. The predicted octanol–water partition coefficient (Wildman–Crippen LogP) is 3.91. The normalized spacial score (nSPS) is 19.1. The predicted molar refractivity (Wildman–Crippen MR) is 76.8 cm³/mol. The van der Waals surface area contributed by atoms with E-state index in [0.717, 1.165) is 24.8 Å². The number of carbonyl (C=O) groups is 1. The van der Waals surface area contributed by atoms with Crippen molar-refractivity contribution >= 4 is 5.97 Å². The molecule has 0 heterocycles. The molecule has 0 unspecified atom stereocenters. The lowest BCUT2D eigenvalue weighted by molar-refractivity contribution is -0.149. The minimum absolute atomic E-state index is 0.150. The van der Waals surface area contributed by atoms with Crippen molar-refractivity contribution in [3.05, 3.63) is 47.5 Å². The highest BCUT2D eigenvalue weighted by Gasteiger charge is 2.25. The maximum Gasteiger partial charge on any atom is 0.334 e. The fraction of sp³-hybridized carbons (Fsp3) is 0.471. The molecule has 1 atom stereocenters. The molecule has 1 aromatic carbocycles. The second-order valence-electron chi connectivity index (χ2n) is 6.18. The number of esters is 1. The van der Waals surface area contributed by atoms with Gasteiger partial charge in [-0.05, 0) is 51.5 Å². The van der Waals surface area contributed by atoms with Gasteiger partial charge in [0.2, 0.25) is 0 Å². The third kappa shape index (κ3) is 4.23. The molecule has 0 amide bonds. The number of rotatable bonds is 3. The Labute approximate surface area is 115 Å². The standard InChI is InChI=1S/C17H22O2/c1-17(2,3)19-16(18)15-10-9-14(12-15)11-13-7-5-4-6-8-13/h4-8,12,14H,9-11H2,1-3H3/t14-/m1/s1. The Hall–Kier alpha value is -1.57. The topological polar surface area (TPSA) is 26.3 Å². The second-order valence-corrected chi connectivity index (χ2v) is 6.18. The van der Waals surface area contributed by atoms with Gasteiger partial charge in [0, 0.05) is 5.57 Å². The van der Waals surface area contributed by atoms with E-state index in [1.54, 1.807) is 0 Å². The summed E-state index contributed by atoms with van der Waals surface area (Å²) in [6.45, 7) is 5.71. The van der Waals surface area contributed by atoms with Gasteiger partial charge in [0.05, 0.1) is 0 Å². The average molecular weight is 258 g/mol. The maximum absolute atomic E-state index is 12.0. The van der Waals surface area contributed by atoms with Crippen LogP contribution in [0.5, 0.6) is 0 Å². The monoisotopic (exact) mass is 258 g/mol. The van der Waals surface area contributed by atoms with E-state index in [1.165, 1.54) is 5.56 Å². The summed E-state index contributed by atoms with van der Waals surface area (Å²) in [7, 11) is 0. The Morgan fingerprint density at radius 3 is 2.58 bits per heavy atom. The smallest absolute Gasteiger partial charge is 0.334 e. The first-order valence-electron chi connectivity index (χ1n) is 6.92. The van der Waals surface area contributed by atoms with Gasteiger partial charge < -0.3 is 4.74 Å². The quantitative estimate of drug-likeness (QED) is 0.768. The van der Waals surface area contributed by atoms with Crippen LogP contribution in [0.2, 0.25) is 0 Å². The van der Waals surface area contributed by atoms with Crippen LogP contribution in [0.15, 0.2) is 42.0 Å². The first-order valence-corrected chi connectivity index (χ1v) is 6.92. The van der Waals surface area contributed by atoms with E-state index in [4.69, 9.17) is 4.74 Å². The molecule has 2 rings (SSSR count). The van der Waals surface area contributed by atoms with Gasteiger partial charge in [0.25, 0.3) is 0 Å². The number of ether oxygens (including phenoxy) is 1. The molecule has 0 saturated heterocycles. The van der Waals surface area contributed by atoms with Crippen LogP contribution in [-0.2, 0) is 16.0 Å². The largest absolute Gasteiger partial charge is 0.457 e. The minimum Gasteiger partial charge on any atom is -0.457 e. The van der Waals surface area contributed by atoms with E-state index in [1.807, 2.05) is 26.8 Å². The molecule has 0 aromatic heterocycles. The number of allylic oxidation sites excluding steroid dienone is 1. The van der Waals surface area contributed by atoms with Crippen LogP contribution in [-0.4, -0.2) is 11.6 Å².